The van der Waals surface area contributed by atoms with Gasteiger partial charge in [-0.3, -0.25) is 9.59 Å². The van der Waals surface area contributed by atoms with Gasteiger partial charge in [0.2, 0.25) is 5.91 Å². The van der Waals surface area contributed by atoms with Crippen LogP contribution in [0.5, 0.6) is 5.75 Å². The number of methoxy groups -OCH3 is 1. The molecule has 0 saturated carbocycles. The van der Waals surface area contributed by atoms with Gasteiger partial charge in [-0.15, -0.1) is 0 Å². The lowest BCUT2D eigenvalue weighted by molar-refractivity contribution is -0.116. The largest absolute Gasteiger partial charge is 0.497 e. The molecule has 0 bridgehead atoms. The third kappa shape index (κ3) is 2.05. The Labute approximate surface area is 93.6 Å². The number of ether oxygens (including phenoxy) is 1. The van der Waals surface area contributed by atoms with E-state index in [4.69, 9.17) is 4.74 Å². The predicted molar refractivity (Wildman–Crippen MR) is 59.8 cm³/mol. The number of hydrogen-bond acceptors (Lipinski definition) is 3. The van der Waals surface area contributed by atoms with Crippen molar-refractivity contribution in [3.8, 4) is 5.75 Å². The third-order valence-corrected chi connectivity index (χ3v) is 2.61. The molecule has 1 heterocycles. The molecule has 16 heavy (non-hydrogen) atoms. The standard InChI is InChI=1S/C12H13NO3/c1-16-8-5-6-10-9(7-8)11(14)3-2-4-12(15)13-10/h5-7H,2-4H2,1H3,(H,13,15). The molecule has 2 rings (SSSR count). The highest BCUT2D eigenvalue weighted by Crippen LogP contribution is 2.25. The number of Topliss-reactive ketones (excluding diaryl/α,β-unsaturated/α-hetero) is 1. The summed E-state index contributed by atoms with van der Waals surface area (Å²) in [6, 6.07) is 5.10. The number of rotatable bonds is 1. The topological polar surface area (TPSA) is 55.4 Å². The van der Waals surface area contributed by atoms with Crippen molar-refractivity contribution in [3.05, 3.63) is 23.8 Å². The molecule has 1 aliphatic rings. The van der Waals surface area contributed by atoms with Gasteiger partial charge in [-0.2, -0.15) is 0 Å². The van der Waals surface area contributed by atoms with E-state index in [1.807, 2.05) is 0 Å². The minimum atomic E-state index is -0.0427. The molecule has 0 aromatic heterocycles. The van der Waals surface area contributed by atoms with Crippen LogP contribution in [-0.2, 0) is 4.79 Å². The van der Waals surface area contributed by atoms with Gasteiger partial charge >= 0.3 is 0 Å². The van der Waals surface area contributed by atoms with Crippen LogP contribution in [0, 0.1) is 0 Å². The SMILES string of the molecule is COc1ccc2c(c1)C(=O)CCCC(=O)N2. The lowest BCUT2D eigenvalue weighted by Crippen LogP contribution is -2.17. The molecule has 0 radical (unpaired) electrons. The van der Waals surface area contributed by atoms with E-state index in [-0.39, 0.29) is 11.7 Å². The Balaban J connectivity index is 2.44. The Morgan fingerprint density at radius 1 is 1.25 bits per heavy atom. The van der Waals surface area contributed by atoms with Crippen LogP contribution in [0.2, 0.25) is 0 Å². The van der Waals surface area contributed by atoms with Gasteiger partial charge in [0.1, 0.15) is 5.75 Å². The van der Waals surface area contributed by atoms with E-state index < -0.39 is 0 Å². The number of ketones is 1. The molecule has 0 fully saturated rings. The summed E-state index contributed by atoms with van der Waals surface area (Å²) in [5.74, 6) is 0.634. The molecule has 1 aromatic rings. The predicted octanol–water partition coefficient (Wildman–Crippen LogP) is 2.00. The normalized spacial score (nSPS) is 15.8. The number of nitrogens with one attached hydrogen (secondary N) is 1. The van der Waals surface area contributed by atoms with Gasteiger partial charge in [0, 0.05) is 18.4 Å². The molecule has 1 aliphatic heterocycles. The quantitative estimate of drug-likeness (QED) is 0.786. The second-order valence-corrected chi connectivity index (χ2v) is 3.74. The zero-order chi connectivity index (χ0) is 11.5. The van der Waals surface area contributed by atoms with Crippen LogP contribution in [0.15, 0.2) is 18.2 Å². The number of amides is 1. The van der Waals surface area contributed by atoms with Crippen molar-refractivity contribution in [1.29, 1.82) is 0 Å². The van der Waals surface area contributed by atoms with Gasteiger partial charge in [0.05, 0.1) is 12.8 Å². The van der Waals surface area contributed by atoms with E-state index >= 15 is 0 Å². The van der Waals surface area contributed by atoms with Crippen molar-refractivity contribution < 1.29 is 14.3 Å². The maximum Gasteiger partial charge on any atom is 0.224 e. The van der Waals surface area contributed by atoms with E-state index in [1.165, 1.54) is 0 Å². The Kier molecular flexibility index (Phi) is 2.90. The van der Waals surface area contributed by atoms with E-state index in [9.17, 15) is 9.59 Å². The lowest BCUT2D eigenvalue weighted by Gasteiger charge is -2.14. The summed E-state index contributed by atoms with van der Waals surface area (Å²) in [6.45, 7) is 0. The minimum absolute atomic E-state index is 0.0427. The third-order valence-electron chi connectivity index (χ3n) is 2.61. The van der Waals surface area contributed by atoms with Crippen molar-refractivity contribution in [2.45, 2.75) is 19.3 Å². The van der Waals surface area contributed by atoms with Crippen molar-refractivity contribution in [1.82, 2.24) is 0 Å². The van der Waals surface area contributed by atoms with Gasteiger partial charge in [0.25, 0.3) is 0 Å². The molecule has 4 heteroatoms. The highest BCUT2D eigenvalue weighted by Gasteiger charge is 2.17. The number of benzene rings is 1. The molecular weight excluding hydrogens is 206 g/mol. The van der Waals surface area contributed by atoms with Crippen LogP contribution in [-0.4, -0.2) is 18.8 Å². The first-order valence-electron chi connectivity index (χ1n) is 5.22. The monoisotopic (exact) mass is 219 g/mol. The first kappa shape index (κ1) is 10.7. The zero-order valence-corrected chi connectivity index (χ0v) is 9.08. The van der Waals surface area contributed by atoms with Gasteiger partial charge in [-0.05, 0) is 24.6 Å². The molecule has 1 aromatic carbocycles. The molecule has 1 N–H and O–H groups in total. The summed E-state index contributed by atoms with van der Waals surface area (Å²) in [7, 11) is 1.55. The molecule has 4 nitrogen and oxygen atoms in total. The first-order chi connectivity index (χ1) is 7.70. The molecule has 1 amide bonds. The fourth-order valence-electron chi connectivity index (χ4n) is 1.75. The molecule has 0 unspecified atom stereocenters. The first-order valence-corrected chi connectivity index (χ1v) is 5.22. The van der Waals surface area contributed by atoms with Crippen molar-refractivity contribution >= 4 is 17.4 Å². The smallest absolute Gasteiger partial charge is 0.224 e. The molecule has 0 spiro atoms. The van der Waals surface area contributed by atoms with Crippen LogP contribution in [0.3, 0.4) is 0 Å². The zero-order valence-electron chi connectivity index (χ0n) is 9.08. The van der Waals surface area contributed by atoms with E-state index in [0.717, 1.165) is 0 Å². The Morgan fingerprint density at radius 3 is 2.81 bits per heavy atom. The molecular formula is C12H13NO3. The summed E-state index contributed by atoms with van der Waals surface area (Å²) >= 11 is 0. The Hall–Kier alpha value is -1.84. The average Bonchev–Trinajstić information content (AvgIpc) is 2.27. The van der Waals surface area contributed by atoms with Crippen molar-refractivity contribution in [2.24, 2.45) is 0 Å². The maximum atomic E-state index is 11.8. The van der Waals surface area contributed by atoms with Crippen LogP contribution in [0.25, 0.3) is 0 Å². The molecule has 0 saturated heterocycles. The lowest BCUT2D eigenvalue weighted by atomic mass is 10.0. The average molecular weight is 219 g/mol. The Morgan fingerprint density at radius 2 is 2.06 bits per heavy atom. The highest BCUT2D eigenvalue weighted by molar-refractivity contribution is 6.06. The van der Waals surface area contributed by atoms with E-state index in [2.05, 4.69) is 5.32 Å². The summed E-state index contributed by atoms with van der Waals surface area (Å²) < 4.78 is 5.06. The van der Waals surface area contributed by atoms with Crippen molar-refractivity contribution in [2.75, 3.05) is 12.4 Å². The number of anilines is 1. The molecule has 84 valence electrons. The number of fused-ring (bicyclic) bond motifs is 1. The number of carbonyl (C=O) groups is 2. The summed E-state index contributed by atoms with van der Waals surface area (Å²) in [5.41, 5.74) is 1.11. The summed E-state index contributed by atoms with van der Waals surface area (Å²) in [4.78, 5) is 23.2. The van der Waals surface area contributed by atoms with Crippen LogP contribution < -0.4 is 10.1 Å². The molecule has 0 aliphatic carbocycles. The van der Waals surface area contributed by atoms with Crippen LogP contribution >= 0.6 is 0 Å². The van der Waals surface area contributed by atoms with Gasteiger partial charge in [-0.1, -0.05) is 0 Å². The minimum Gasteiger partial charge on any atom is -0.497 e. The maximum absolute atomic E-state index is 11.8. The van der Waals surface area contributed by atoms with Crippen LogP contribution in [0.4, 0.5) is 5.69 Å². The summed E-state index contributed by atoms with van der Waals surface area (Å²) in [5, 5.41) is 2.73. The number of carbonyl (C=O) groups excluding carboxylic acids is 2. The second kappa shape index (κ2) is 4.35. The van der Waals surface area contributed by atoms with Gasteiger partial charge < -0.3 is 10.1 Å². The fraction of sp³-hybridized carbons (Fsp3) is 0.333. The van der Waals surface area contributed by atoms with E-state index in [1.54, 1.807) is 25.3 Å². The van der Waals surface area contributed by atoms with E-state index in [0.29, 0.717) is 36.3 Å². The number of hydrogen-bond donors (Lipinski definition) is 1. The van der Waals surface area contributed by atoms with Crippen LogP contribution in [0.1, 0.15) is 29.6 Å². The van der Waals surface area contributed by atoms with Gasteiger partial charge in [-0.25, -0.2) is 0 Å². The highest BCUT2D eigenvalue weighted by atomic mass is 16.5. The summed E-state index contributed by atoms with van der Waals surface area (Å²) in [6.07, 6.45) is 1.41. The van der Waals surface area contributed by atoms with Crippen molar-refractivity contribution in [3.63, 3.8) is 0 Å². The van der Waals surface area contributed by atoms with Gasteiger partial charge in [0.15, 0.2) is 5.78 Å². The fourth-order valence-corrected chi connectivity index (χ4v) is 1.75. The second-order valence-electron chi connectivity index (χ2n) is 3.74. The molecule has 0 atom stereocenters. The Bertz CT molecular complexity index is 440.